The van der Waals surface area contributed by atoms with Crippen molar-refractivity contribution < 1.29 is 19.4 Å². The van der Waals surface area contributed by atoms with E-state index in [9.17, 15) is 9.59 Å². The Morgan fingerprint density at radius 1 is 1.07 bits per heavy atom. The SMILES string of the molecule is CN(C)C(=O)c1ccnc(Oc2ccc(N3CCN(C(=O)O)CC3)cc2)n1. The molecule has 1 aliphatic rings. The Morgan fingerprint density at radius 3 is 2.33 bits per heavy atom. The van der Waals surface area contributed by atoms with Crippen LogP contribution in [0.15, 0.2) is 36.5 Å². The molecular formula is C18H21N5O4. The van der Waals surface area contributed by atoms with Gasteiger partial charge in [0.2, 0.25) is 0 Å². The first-order chi connectivity index (χ1) is 12.9. The van der Waals surface area contributed by atoms with Crippen molar-refractivity contribution in [3.05, 3.63) is 42.2 Å². The zero-order valence-corrected chi connectivity index (χ0v) is 15.2. The number of carbonyl (C=O) groups is 2. The van der Waals surface area contributed by atoms with Crippen LogP contribution in [0.25, 0.3) is 0 Å². The van der Waals surface area contributed by atoms with Crippen molar-refractivity contribution in [3.8, 4) is 11.8 Å². The fourth-order valence-electron chi connectivity index (χ4n) is 2.72. The molecule has 2 aromatic rings. The zero-order chi connectivity index (χ0) is 19.4. The summed E-state index contributed by atoms with van der Waals surface area (Å²) < 4.78 is 5.64. The van der Waals surface area contributed by atoms with Crippen molar-refractivity contribution >= 4 is 17.7 Å². The van der Waals surface area contributed by atoms with Crippen LogP contribution in [-0.4, -0.2) is 77.1 Å². The maximum absolute atomic E-state index is 12.0. The molecule has 0 saturated carbocycles. The predicted molar refractivity (Wildman–Crippen MR) is 98.4 cm³/mol. The Balaban J connectivity index is 1.64. The standard InChI is InChI=1S/C18H21N5O4/c1-21(2)16(24)15-7-8-19-17(20-15)27-14-5-3-13(4-6-14)22-9-11-23(12-10-22)18(25)26/h3-8H,9-12H2,1-2H3,(H,25,26). The van der Waals surface area contributed by atoms with Crippen LogP contribution in [0, 0.1) is 0 Å². The maximum atomic E-state index is 12.0. The number of hydrogen-bond donors (Lipinski definition) is 1. The highest BCUT2D eigenvalue weighted by atomic mass is 16.5. The number of carboxylic acid groups (broad SMARTS) is 1. The molecule has 27 heavy (non-hydrogen) atoms. The van der Waals surface area contributed by atoms with Crippen molar-refractivity contribution in [2.24, 2.45) is 0 Å². The van der Waals surface area contributed by atoms with Gasteiger partial charge in [-0.3, -0.25) is 4.79 Å². The molecule has 9 nitrogen and oxygen atoms in total. The molecule has 0 unspecified atom stereocenters. The van der Waals surface area contributed by atoms with Crippen LogP contribution in [-0.2, 0) is 0 Å². The van der Waals surface area contributed by atoms with E-state index >= 15 is 0 Å². The summed E-state index contributed by atoms with van der Waals surface area (Å²) in [6, 6.07) is 9.03. The molecule has 2 amide bonds. The maximum Gasteiger partial charge on any atom is 0.407 e. The second-order valence-electron chi connectivity index (χ2n) is 6.28. The number of anilines is 1. The summed E-state index contributed by atoms with van der Waals surface area (Å²) in [6.45, 7) is 2.25. The molecule has 3 rings (SSSR count). The third kappa shape index (κ3) is 4.43. The van der Waals surface area contributed by atoms with E-state index in [0.29, 0.717) is 31.9 Å². The third-order valence-electron chi connectivity index (χ3n) is 4.22. The molecule has 1 aromatic carbocycles. The van der Waals surface area contributed by atoms with Crippen LogP contribution in [0.5, 0.6) is 11.8 Å². The van der Waals surface area contributed by atoms with Gasteiger partial charge in [-0.25, -0.2) is 9.78 Å². The van der Waals surface area contributed by atoms with E-state index in [1.54, 1.807) is 26.2 Å². The number of ether oxygens (including phenoxy) is 1. The van der Waals surface area contributed by atoms with E-state index in [0.717, 1.165) is 5.69 Å². The van der Waals surface area contributed by atoms with Gasteiger partial charge in [0.25, 0.3) is 5.91 Å². The van der Waals surface area contributed by atoms with Gasteiger partial charge in [-0.15, -0.1) is 0 Å². The fraction of sp³-hybridized carbons (Fsp3) is 0.333. The summed E-state index contributed by atoms with van der Waals surface area (Å²) in [4.78, 5) is 36.1. The Bertz CT molecular complexity index is 817. The van der Waals surface area contributed by atoms with Crippen molar-refractivity contribution in [1.82, 2.24) is 19.8 Å². The van der Waals surface area contributed by atoms with Crippen LogP contribution in [0.3, 0.4) is 0 Å². The number of nitrogens with zero attached hydrogens (tertiary/aromatic N) is 5. The minimum atomic E-state index is -0.881. The molecule has 0 bridgehead atoms. The van der Waals surface area contributed by atoms with Gasteiger partial charge in [0.15, 0.2) is 0 Å². The summed E-state index contributed by atoms with van der Waals surface area (Å²) in [5, 5.41) is 9.01. The molecule has 1 saturated heterocycles. The van der Waals surface area contributed by atoms with Crippen molar-refractivity contribution in [3.63, 3.8) is 0 Å². The van der Waals surface area contributed by atoms with Gasteiger partial charge in [-0.1, -0.05) is 0 Å². The Morgan fingerprint density at radius 2 is 1.74 bits per heavy atom. The van der Waals surface area contributed by atoms with E-state index in [1.807, 2.05) is 12.1 Å². The van der Waals surface area contributed by atoms with Gasteiger partial charge >= 0.3 is 12.1 Å². The third-order valence-corrected chi connectivity index (χ3v) is 4.22. The van der Waals surface area contributed by atoms with Gasteiger partial charge in [0.05, 0.1) is 0 Å². The van der Waals surface area contributed by atoms with E-state index in [4.69, 9.17) is 9.84 Å². The molecule has 2 heterocycles. The summed E-state index contributed by atoms with van der Waals surface area (Å²) in [5.74, 6) is 0.329. The summed E-state index contributed by atoms with van der Waals surface area (Å²) in [6.07, 6.45) is 0.600. The highest BCUT2D eigenvalue weighted by molar-refractivity contribution is 5.91. The van der Waals surface area contributed by atoms with Crippen LogP contribution in [0.1, 0.15) is 10.5 Å². The molecule has 0 radical (unpaired) electrons. The largest absolute Gasteiger partial charge is 0.465 e. The molecular weight excluding hydrogens is 350 g/mol. The number of aromatic nitrogens is 2. The minimum absolute atomic E-state index is 0.102. The van der Waals surface area contributed by atoms with Crippen molar-refractivity contribution in [1.29, 1.82) is 0 Å². The Hall–Kier alpha value is -3.36. The molecule has 0 atom stereocenters. The monoisotopic (exact) mass is 371 g/mol. The van der Waals surface area contributed by atoms with Crippen LogP contribution < -0.4 is 9.64 Å². The number of rotatable bonds is 4. The topological polar surface area (TPSA) is 99.1 Å². The second kappa shape index (κ2) is 7.90. The average molecular weight is 371 g/mol. The smallest absolute Gasteiger partial charge is 0.407 e. The first-order valence-electron chi connectivity index (χ1n) is 8.49. The van der Waals surface area contributed by atoms with E-state index in [1.165, 1.54) is 22.1 Å². The van der Waals surface area contributed by atoms with Crippen LogP contribution in [0.2, 0.25) is 0 Å². The lowest BCUT2D eigenvalue weighted by molar-refractivity contribution is 0.0820. The molecule has 0 spiro atoms. The molecule has 1 N–H and O–H groups in total. The van der Waals surface area contributed by atoms with Crippen LogP contribution >= 0.6 is 0 Å². The Kier molecular flexibility index (Phi) is 5.39. The van der Waals surface area contributed by atoms with Crippen LogP contribution in [0.4, 0.5) is 10.5 Å². The molecule has 142 valence electrons. The quantitative estimate of drug-likeness (QED) is 0.874. The first-order valence-corrected chi connectivity index (χ1v) is 8.49. The van der Waals surface area contributed by atoms with Crippen molar-refractivity contribution in [2.75, 3.05) is 45.2 Å². The normalized spacial score (nSPS) is 14.0. The first kappa shape index (κ1) is 18.4. The Labute approximate surface area is 156 Å². The summed E-state index contributed by atoms with van der Waals surface area (Å²) >= 11 is 0. The van der Waals surface area contributed by atoms with Gasteiger partial charge in [-0.2, -0.15) is 4.98 Å². The number of amides is 2. The number of benzene rings is 1. The van der Waals surface area contributed by atoms with Gasteiger partial charge in [0, 0.05) is 52.2 Å². The lowest BCUT2D eigenvalue weighted by Gasteiger charge is -2.34. The lowest BCUT2D eigenvalue weighted by atomic mass is 10.2. The molecule has 1 aromatic heterocycles. The van der Waals surface area contributed by atoms with E-state index < -0.39 is 6.09 Å². The number of piperazine rings is 1. The minimum Gasteiger partial charge on any atom is -0.465 e. The second-order valence-corrected chi connectivity index (χ2v) is 6.28. The predicted octanol–water partition coefficient (Wildman–Crippen LogP) is 1.77. The summed E-state index contributed by atoms with van der Waals surface area (Å²) in [5.41, 5.74) is 1.25. The zero-order valence-electron chi connectivity index (χ0n) is 15.2. The van der Waals surface area contributed by atoms with E-state index in [-0.39, 0.29) is 17.6 Å². The average Bonchev–Trinajstić information content (AvgIpc) is 2.68. The molecule has 1 aliphatic heterocycles. The van der Waals surface area contributed by atoms with E-state index in [2.05, 4.69) is 14.9 Å². The van der Waals surface area contributed by atoms with Crippen molar-refractivity contribution in [2.45, 2.75) is 0 Å². The lowest BCUT2D eigenvalue weighted by Crippen LogP contribution is -2.48. The molecule has 1 fully saturated rings. The highest BCUT2D eigenvalue weighted by Gasteiger charge is 2.20. The number of hydrogen-bond acceptors (Lipinski definition) is 6. The molecule has 0 aliphatic carbocycles. The van der Waals surface area contributed by atoms with Gasteiger partial charge in [-0.05, 0) is 30.3 Å². The number of carbonyl (C=O) groups excluding carboxylic acids is 1. The fourth-order valence-corrected chi connectivity index (χ4v) is 2.72. The van der Waals surface area contributed by atoms with Gasteiger partial charge in [0.1, 0.15) is 11.4 Å². The molecule has 9 heteroatoms. The summed E-state index contributed by atoms with van der Waals surface area (Å²) in [7, 11) is 3.31. The highest BCUT2D eigenvalue weighted by Crippen LogP contribution is 2.23. The van der Waals surface area contributed by atoms with Gasteiger partial charge < -0.3 is 24.5 Å².